The summed E-state index contributed by atoms with van der Waals surface area (Å²) in [7, 11) is -9.81. The van der Waals surface area contributed by atoms with Crippen LogP contribution in [0.25, 0.3) is 11.1 Å². The van der Waals surface area contributed by atoms with Gasteiger partial charge in [-0.2, -0.15) is 0 Å². The number of carbonyl (C=O) groups is 1. The van der Waals surface area contributed by atoms with E-state index in [9.17, 15) is 34.4 Å². The number of rotatable bonds is 7. The van der Waals surface area contributed by atoms with Crippen molar-refractivity contribution in [2.75, 3.05) is 13.2 Å². The molecule has 0 saturated carbocycles. The normalized spacial score (nSPS) is 16.5. The summed E-state index contributed by atoms with van der Waals surface area (Å²) < 4.78 is 70.8. The van der Waals surface area contributed by atoms with Crippen LogP contribution < -0.4 is 10.1 Å². The van der Waals surface area contributed by atoms with Crippen molar-refractivity contribution in [1.29, 1.82) is 0 Å². The van der Waals surface area contributed by atoms with Crippen molar-refractivity contribution >= 4 is 16.1 Å². The molecule has 0 radical (unpaired) electrons. The molecule has 170 valence electrons. The molecule has 5 nitrogen and oxygen atoms in total. The van der Waals surface area contributed by atoms with Gasteiger partial charge in [0, 0.05) is 24.1 Å². The fraction of sp³-hybridized carbons (Fsp3) is 0.250. The van der Waals surface area contributed by atoms with Crippen molar-refractivity contribution < 1.29 is 39.2 Å². The number of fused-ring (bicyclic) bond motifs is 1. The monoisotopic (exact) mass is 465 g/mol. The molecule has 1 heterocycles. The largest absolute Gasteiger partial charge is 0.492 e. The molecule has 3 N–H and O–H groups in total. The molecule has 11 heteroatoms. The summed E-state index contributed by atoms with van der Waals surface area (Å²) in [5.74, 6) is -0.218. The third kappa shape index (κ3) is 4.83. The van der Waals surface area contributed by atoms with Crippen LogP contribution in [0.5, 0.6) is 5.75 Å². The van der Waals surface area contributed by atoms with Crippen LogP contribution >= 0.6 is 10.2 Å². The number of hydrogen-bond donors (Lipinski definition) is 3. The van der Waals surface area contributed by atoms with Gasteiger partial charge >= 0.3 is 10.2 Å². The third-order valence-corrected chi connectivity index (χ3v) is 6.03. The highest BCUT2D eigenvalue weighted by Crippen LogP contribution is 3.02. The van der Waals surface area contributed by atoms with Gasteiger partial charge in [-0.25, -0.2) is 0 Å². The Labute approximate surface area is 174 Å². The molecule has 1 aliphatic rings. The summed E-state index contributed by atoms with van der Waals surface area (Å²) in [5, 5.41) is 22.3. The summed E-state index contributed by atoms with van der Waals surface area (Å²) in [6.07, 6.45) is 0.107. The van der Waals surface area contributed by atoms with E-state index in [2.05, 4.69) is 11.9 Å². The average Bonchev–Trinajstić information content (AvgIpc) is 3.18. The minimum atomic E-state index is -9.81. The Kier molecular flexibility index (Phi) is 5.36. The summed E-state index contributed by atoms with van der Waals surface area (Å²) in [5.41, 5.74) is 1.77. The van der Waals surface area contributed by atoms with E-state index in [4.69, 9.17) is 4.74 Å². The summed E-state index contributed by atoms with van der Waals surface area (Å²) in [6, 6.07) is 3.94. The Morgan fingerprint density at radius 2 is 1.87 bits per heavy atom. The van der Waals surface area contributed by atoms with Gasteiger partial charge in [-0.15, -0.1) is 0 Å². The maximum atomic E-state index is 13.0. The van der Waals surface area contributed by atoms with Crippen molar-refractivity contribution in [3.63, 3.8) is 0 Å². The minimum Gasteiger partial charge on any atom is -0.492 e. The lowest BCUT2D eigenvalue weighted by molar-refractivity contribution is -0.116. The summed E-state index contributed by atoms with van der Waals surface area (Å²) in [4.78, 5) is 9.57. The zero-order chi connectivity index (χ0) is 23.1. The second-order valence-corrected chi connectivity index (χ2v) is 9.43. The first kappa shape index (κ1) is 23.0. The standard InChI is InChI=1S/C20H20F5NO4S/c1-2-18(29)26-10-13-9-16(20-15(7-8-30-20)19(13)17(28)11-27)12-3-5-14(6-4-12)31(21,22,23,24)25/h2-6,9,17,27-28H,1,7-8,10-11H2,(H,26,29)/t17-/m1/s1. The van der Waals surface area contributed by atoms with Gasteiger partial charge in [0.15, 0.2) is 0 Å². The molecular formula is C20H20F5NO4S. The molecule has 2 aromatic carbocycles. The highest BCUT2D eigenvalue weighted by atomic mass is 32.5. The molecule has 0 unspecified atom stereocenters. The van der Waals surface area contributed by atoms with Crippen molar-refractivity contribution in [3.05, 3.63) is 59.7 Å². The maximum Gasteiger partial charge on any atom is 0.310 e. The fourth-order valence-electron chi connectivity index (χ4n) is 3.48. The van der Waals surface area contributed by atoms with Crippen LogP contribution in [0.1, 0.15) is 22.8 Å². The van der Waals surface area contributed by atoms with Crippen LogP contribution in [-0.4, -0.2) is 29.3 Å². The fourth-order valence-corrected chi connectivity index (χ4v) is 4.13. The van der Waals surface area contributed by atoms with Gasteiger partial charge in [0.1, 0.15) is 16.7 Å². The third-order valence-electron chi connectivity index (χ3n) is 4.86. The SMILES string of the molecule is C=CC(=O)NCc1cc(-c2ccc(S(F)(F)(F)(F)F)cc2)c2c(c1[C@H](O)CO)CCO2. The zero-order valence-electron chi connectivity index (χ0n) is 16.1. The summed E-state index contributed by atoms with van der Waals surface area (Å²) in [6.45, 7) is 2.89. The average molecular weight is 465 g/mol. The van der Waals surface area contributed by atoms with E-state index in [-0.39, 0.29) is 24.5 Å². The lowest BCUT2D eigenvalue weighted by atomic mass is 9.89. The van der Waals surface area contributed by atoms with E-state index in [0.717, 1.165) is 18.2 Å². The number of nitrogens with one attached hydrogen (secondary N) is 1. The molecule has 2 aromatic rings. The molecule has 1 atom stereocenters. The van der Waals surface area contributed by atoms with E-state index in [0.29, 0.717) is 40.8 Å². The van der Waals surface area contributed by atoms with Crippen LogP contribution in [-0.2, 0) is 17.8 Å². The van der Waals surface area contributed by atoms with Crippen LogP contribution in [0.15, 0.2) is 47.9 Å². The Bertz CT molecular complexity index is 1040. The van der Waals surface area contributed by atoms with Crippen molar-refractivity contribution in [3.8, 4) is 16.9 Å². The number of aliphatic hydroxyl groups is 2. The molecule has 1 amide bonds. The first-order valence-corrected chi connectivity index (χ1v) is 11.1. The predicted molar refractivity (Wildman–Crippen MR) is 107 cm³/mol. The zero-order valence-corrected chi connectivity index (χ0v) is 16.9. The molecule has 0 fully saturated rings. The van der Waals surface area contributed by atoms with Crippen LogP contribution in [0, 0.1) is 0 Å². The molecule has 31 heavy (non-hydrogen) atoms. The Morgan fingerprint density at radius 1 is 1.23 bits per heavy atom. The lowest BCUT2D eigenvalue weighted by Gasteiger charge is -2.40. The van der Waals surface area contributed by atoms with Gasteiger partial charge < -0.3 is 20.3 Å². The molecule has 0 bridgehead atoms. The first-order chi connectivity index (χ1) is 14.2. The van der Waals surface area contributed by atoms with Gasteiger partial charge in [0.05, 0.1) is 13.2 Å². The second kappa shape index (κ2) is 7.21. The van der Waals surface area contributed by atoms with Crippen molar-refractivity contribution in [2.24, 2.45) is 0 Å². The highest BCUT2D eigenvalue weighted by Gasteiger charge is 2.65. The predicted octanol–water partition coefficient (Wildman–Crippen LogP) is 4.77. The quantitative estimate of drug-likeness (QED) is 0.407. The molecule has 0 saturated heterocycles. The molecule has 0 spiro atoms. The lowest BCUT2D eigenvalue weighted by Crippen LogP contribution is -2.22. The van der Waals surface area contributed by atoms with Gasteiger partial charge in [0.2, 0.25) is 5.91 Å². The topological polar surface area (TPSA) is 78.8 Å². The molecule has 0 aliphatic carbocycles. The number of halogens is 5. The van der Waals surface area contributed by atoms with Crippen LogP contribution in [0.4, 0.5) is 19.4 Å². The summed E-state index contributed by atoms with van der Waals surface area (Å²) >= 11 is 0. The van der Waals surface area contributed by atoms with Crippen LogP contribution in [0.3, 0.4) is 0 Å². The maximum absolute atomic E-state index is 13.0. The number of aliphatic hydroxyl groups excluding tert-OH is 2. The minimum absolute atomic E-state index is 0.0684. The van der Waals surface area contributed by atoms with E-state index >= 15 is 0 Å². The van der Waals surface area contributed by atoms with Gasteiger partial charge in [0.25, 0.3) is 0 Å². The number of carbonyl (C=O) groups excluding carboxylic acids is 1. The first-order valence-electron chi connectivity index (χ1n) is 9.10. The van der Waals surface area contributed by atoms with E-state index in [1.54, 1.807) is 0 Å². The molecule has 0 aromatic heterocycles. The molecule has 3 rings (SSSR count). The number of ether oxygens (including phenoxy) is 1. The van der Waals surface area contributed by atoms with Crippen LogP contribution in [0.2, 0.25) is 0 Å². The van der Waals surface area contributed by atoms with Gasteiger partial charge in [-0.3, -0.25) is 4.79 Å². The van der Waals surface area contributed by atoms with E-state index in [1.165, 1.54) is 6.07 Å². The van der Waals surface area contributed by atoms with E-state index < -0.39 is 33.7 Å². The number of hydrogen-bond acceptors (Lipinski definition) is 4. The van der Waals surface area contributed by atoms with Crippen molar-refractivity contribution in [2.45, 2.75) is 24.0 Å². The number of benzene rings is 2. The van der Waals surface area contributed by atoms with E-state index in [1.807, 2.05) is 0 Å². The second-order valence-electron chi connectivity index (χ2n) is 7.02. The smallest absolute Gasteiger partial charge is 0.310 e. The Balaban J connectivity index is 2.14. The van der Waals surface area contributed by atoms with Gasteiger partial charge in [-0.1, -0.05) is 38.1 Å². The number of amides is 1. The van der Waals surface area contributed by atoms with Crippen molar-refractivity contribution in [1.82, 2.24) is 5.32 Å². The highest BCUT2D eigenvalue weighted by molar-refractivity contribution is 8.45. The Hall–Kier alpha value is -2.63. The Morgan fingerprint density at radius 3 is 2.42 bits per heavy atom. The van der Waals surface area contributed by atoms with Gasteiger partial charge in [-0.05, 0) is 41.0 Å². The molecule has 1 aliphatic heterocycles. The molecular weight excluding hydrogens is 445 g/mol.